The first-order valence-corrected chi connectivity index (χ1v) is 12.7. The van der Waals surface area contributed by atoms with Crippen LogP contribution in [0.25, 0.3) is 10.9 Å². The second-order valence-electron chi connectivity index (χ2n) is 9.40. The van der Waals surface area contributed by atoms with E-state index in [0.717, 1.165) is 36.0 Å². The lowest BCUT2D eigenvalue weighted by molar-refractivity contribution is 0.449. The summed E-state index contributed by atoms with van der Waals surface area (Å²) in [5.74, 6) is 0.627. The maximum Gasteiger partial charge on any atom is 0.0735 e. The van der Waals surface area contributed by atoms with E-state index in [9.17, 15) is 0 Å². The van der Waals surface area contributed by atoms with Crippen LogP contribution in [0.4, 0.5) is 0 Å². The highest BCUT2D eigenvalue weighted by molar-refractivity contribution is 6.30. The molecule has 0 unspecified atom stereocenters. The smallest absolute Gasteiger partial charge is 0.0735 e. The Labute approximate surface area is 204 Å². The van der Waals surface area contributed by atoms with Gasteiger partial charge in [-0.2, -0.15) is 5.10 Å². The molecule has 0 amide bonds. The molecule has 0 bridgehead atoms. The normalized spacial score (nSPS) is 17.2. The molecule has 1 aliphatic heterocycles. The van der Waals surface area contributed by atoms with Crippen molar-refractivity contribution in [2.45, 2.75) is 43.6 Å². The molecule has 3 aromatic carbocycles. The van der Waals surface area contributed by atoms with Gasteiger partial charge in [0, 0.05) is 27.3 Å². The van der Waals surface area contributed by atoms with Crippen molar-refractivity contribution in [1.29, 1.82) is 0 Å². The molecule has 1 N–H and O–H groups in total. The highest BCUT2D eigenvalue weighted by Crippen LogP contribution is 2.42. The Balaban J connectivity index is 1.51. The zero-order valence-electron chi connectivity index (χ0n) is 18.5. The van der Waals surface area contributed by atoms with Gasteiger partial charge in [-0.25, -0.2) is 0 Å². The minimum Gasteiger partial charge on any atom is -0.317 e. The second-order valence-corrected chi connectivity index (χ2v) is 10.3. The SMILES string of the molecule is Clc1ccc(C(c2ccc(Cl)cc2)c2ccc3c(c2)c(C2CCNCC2)nn3C2CC2)cc1. The van der Waals surface area contributed by atoms with Crippen molar-refractivity contribution in [1.82, 2.24) is 15.1 Å². The maximum atomic E-state index is 6.22. The van der Waals surface area contributed by atoms with E-state index in [1.54, 1.807) is 0 Å². The van der Waals surface area contributed by atoms with Crippen molar-refractivity contribution in [3.05, 3.63) is 99.2 Å². The van der Waals surface area contributed by atoms with Crippen molar-refractivity contribution in [3.63, 3.8) is 0 Å². The Bertz CT molecular complexity index is 1220. The van der Waals surface area contributed by atoms with Gasteiger partial charge in [0.15, 0.2) is 0 Å². The number of fused-ring (bicyclic) bond motifs is 1. The average Bonchev–Trinajstić information content (AvgIpc) is 3.62. The van der Waals surface area contributed by atoms with Crippen LogP contribution in [0.15, 0.2) is 66.7 Å². The van der Waals surface area contributed by atoms with E-state index >= 15 is 0 Å². The van der Waals surface area contributed by atoms with E-state index in [0.29, 0.717) is 12.0 Å². The first-order chi connectivity index (χ1) is 16.2. The van der Waals surface area contributed by atoms with Crippen molar-refractivity contribution in [2.24, 2.45) is 0 Å². The summed E-state index contributed by atoms with van der Waals surface area (Å²) in [6.45, 7) is 2.14. The molecule has 5 heteroatoms. The molecular formula is C28H27Cl2N3. The van der Waals surface area contributed by atoms with Crippen LogP contribution in [0.2, 0.25) is 10.0 Å². The number of hydrogen-bond acceptors (Lipinski definition) is 2. The first kappa shape index (κ1) is 21.2. The molecule has 0 radical (unpaired) electrons. The fraction of sp³-hybridized carbons (Fsp3) is 0.321. The van der Waals surface area contributed by atoms with Crippen LogP contribution < -0.4 is 5.32 Å². The fourth-order valence-corrected chi connectivity index (χ4v) is 5.50. The fourth-order valence-electron chi connectivity index (χ4n) is 5.24. The Morgan fingerprint density at radius 1 is 0.758 bits per heavy atom. The lowest BCUT2D eigenvalue weighted by Gasteiger charge is -2.22. The minimum absolute atomic E-state index is 0.106. The van der Waals surface area contributed by atoms with E-state index in [1.807, 2.05) is 24.3 Å². The summed E-state index contributed by atoms with van der Waals surface area (Å²) >= 11 is 12.4. The number of hydrogen-bond donors (Lipinski definition) is 1. The molecule has 168 valence electrons. The van der Waals surface area contributed by atoms with Gasteiger partial charge in [0.25, 0.3) is 0 Å². The summed E-state index contributed by atoms with van der Waals surface area (Å²) in [5.41, 5.74) is 6.28. The molecule has 4 aromatic rings. The summed E-state index contributed by atoms with van der Waals surface area (Å²) in [7, 11) is 0. The van der Waals surface area contributed by atoms with Crippen LogP contribution in [0.5, 0.6) is 0 Å². The highest BCUT2D eigenvalue weighted by Gasteiger charge is 2.30. The number of aromatic nitrogens is 2. The number of rotatable bonds is 5. The van der Waals surface area contributed by atoms with E-state index in [1.165, 1.54) is 46.1 Å². The quantitative estimate of drug-likeness (QED) is 0.306. The number of benzene rings is 3. The lowest BCUT2D eigenvalue weighted by Crippen LogP contribution is -2.27. The molecule has 2 aliphatic rings. The van der Waals surface area contributed by atoms with Crippen LogP contribution in [-0.2, 0) is 0 Å². The van der Waals surface area contributed by atoms with Gasteiger partial charge in [0.1, 0.15) is 0 Å². The summed E-state index contributed by atoms with van der Waals surface area (Å²) in [4.78, 5) is 0. The first-order valence-electron chi connectivity index (χ1n) is 11.9. The Morgan fingerprint density at radius 3 is 1.91 bits per heavy atom. The maximum absolute atomic E-state index is 6.22. The standard InChI is InChI=1S/C28H27Cl2N3/c29-22-6-1-18(2-7-22)27(19-3-8-23(30)9-4-19)21-5-12-26-25(17-21)28(20-13-15-31-16-14-20)32-33(26)24-10-11-24/h1-9,12,17,20,24,27,31H,10-11,13-16H2. The summed E-state index contributed by atoms with van der Waals surface area (Å²) < 4.78 is 2.30. The van der Waals surface area contributed by atoms with Gasteiger partial charge in [0.05, 0.1) is 17.3 Å². The minimum atomic E-state index is 0.106. The highest BCUT2D eigenvalue weighted by atomic mass is 35.5. The Morgan fingerprint density at radius 2 is 1.33 bits per heavy atom. The van der Waals surface area contributed by atoms with Gasteiger partial charge in [-0.15, -0.1) is 0 Å². The Kier molecular flexibility index (Phi) is 5.65. The van der Waals surface area contributed by atoms with E-state index in [2.05, 4.69) is 52.5 Å². The van der Waals surface area contributed by atoms with Crippen molar-refractivity contribution < 1.29 is 0 Å². The molecule has 33 heavy (non-hydrogen) atoms. The summed E-state index contributed by atoms with van der Waals surface area (Å²) in [6.07, 6.45) is 4.78. The monoisotopic (exact) mass is 475 g/mol. The molecule has 2 fully saturated rings. The number of piperidine rings is 1. The molecule has 3 nitrogen and oxygen atoms in total. The Hall–Kier alpha value is -2.33. The predicted octanol–water partition coefficient (Wildman–Crippen LogP) is 7.33. The third-order valence-corrected chi connectivity index (χ3v) is 7.62. The van der Waals surface area contributed by atoms with Gasteiger partial charge in [-0.05, 0) is 91.9 Å². The molecular weight excluding hydrogens is 449 g/mol. The predicted molar refractivity (Wildman–Crippen MR) is 137 cm³/mol. The molecule has 2 heterocycles. The number of nitrogens with one attached hydrogen (secondary N) is 1. The zero-order valence-corrected chi connectivity index (χ0v) is 20.0. The van der Waals surface area contributed by atoms with Crippen LogP contribution in [0, 0.1) is 0 Å². The molecule has 6 rings (SSSR count). The van der Waals surface area contributed by atoms with Crippen LogP contribution in [0.3, 0.4) is 0 Å². The second kappa shape index (κ2) is 8.79. The topological polar surface area (TPSA) is 29.9 Å². The molecule has 1 saturated carbocycles. The third kappa shape index (κ3) is 4.19. The zero-order chi connectivity index (χ0) is 22.4. The van der Waals surface area contributed by atoms with Gasteiger partial charge in [-0.3, -0.25) is 4.68 Å². The van der Waals surface area contributed by atoms with Gasteiger partial charge >= 0.3 is 0 Å². The molecule has 1 aromatic heterocycles. The summed E-state index contributed by atoms with van der Waals surface area (Å²) in [6, 6.07) is 24.0. The number of halogens is 2. The molecule has 1 saturated heterocycles. The van der Waals surface area contributed by atoms with E-state index in [4.69, 9.17) is 28.3 Å². The largest absolute Gasteiger partial charge is 0.317 e. The number of nitrogens with zero attached hydrogens (tertiary/aromatic N) is 2. The molecule has 1 aliphatic carbocycles. The van der Waals surface area contributed by atoms with Crippen molar-refractivity contribution in [3.8, 4) is 0 Å². The van der Waals surface area contributed by atoms with Crippen LogP contribution >= 0.6 is 23.2 Å². The van der Waals surface area contributed by atoms with Crippen molar-refractivity contribution >= 4 is 34.1 Å². The van der Waals surface area contributed by atoms with Crippen LogP contribution in [0.1, 0.15) is 65.9 Å². The van der Waals surface area contributed by atoms with Gasteiger partial charge < -0.3 is 5.32 Å². The summed E-state index contributed by atoms with van der Waals surface area (Å²) in [5, 5.41) is 11.5. The van der Waals surface area contributed by atoms with E-state index in [-0.39, 0.29) is 5.92 Å². The average molecular weight is 476 g/mol. The van der Waals surface area contributed by atoms with E-state index < -0.39 is 0 Å². The van der Waals surface area contributed by atoms with Gasteiger partial charge in [-0.1, -0.05) is 53.5 Å². The van der Waals surface area contributed by atoms with Crippen molar-refractivity contribution in [2.75, 3.05) is 13.1 Å². The molecule has 0 spiro atoms. The lowest BCUT2D eigenvalue weighted by atomic mass is 9.84. The third-order valence-electron chi connectivity index (χ3n) is 7.12. The van der Waals surface area contributed by atoms with Crippen LogP contribution in [-0.4, -0.2) is 22.9 Å². The molecule has 0 atom stereocenters. The van der Waals surface area contributed by atoms with Gasteiger partial charge in [0.2, 0.25) is 0 Å².